The number of benzene rings is 2. The van der Waals surface area contributed by atoms with Gasteiger partial charge in [0.2, 0.25) is 5.78 Å². The number of halogens is 1. The van der Waals surface area contributed by atoms with E-state index in [9.17, 15) is 14.0 Å². The number of aryl methyl sites for hydroxylation is 1. The molecular formula is C23H22FNO3. The molecule has 2 aromatic carbocycles. The Bertz CT molecular complexity index is 1020. The molecule has 0 N–H and O–H groups in total. The van der Waals surface area contributed by atoms with E-state index in [0.717, 1.165) is 23.0 Å². The van der Waals surface area contributed by atoms with Crippen LogP contribution in [0.3, 0.4) is 0 Å². The Morgan fingerprint density at radius 1 is 1.00 bits per heavy atom. The molecule has 0 aliphatic heterocycles. The number of carbonyl (C=O) groups is 2. The summed E-state index contributed by atoms with van der Waals surface area (Å²) in [5, 5.41) is 0. The van der Waals surface area contributed by atoms with Crippen LogP contribution < -0.4 is 4.74 Å². The first-order valence-corrected chi connectivity index (χ1v) is 9.04. The fourth-order valence-electron chi connectivity index (χ4n) is 3.19. The number of rotatable bonds is 7. The molecule has 0 atom stereocenters. The maximum atomic E-state index is 13.9. The first-order valence-electron chi connectivity index (χ1n) is 9.04. The summed E-state index contributed by atoms with van der Waals surface area (Å²) in [6.45, 7) is 5.65. The predicted octanol–water partition coefficient (Wildman–Crippen LogP) is 4.76. The molecule has 0 saturated heterocycles. The van der Waals surface area contributed by atoms with Gasteiger partial charge in [-0.25, -0.2) is 4.39 Å². The number of hydrogen-bond acceptors (Lipinski definition) is 3. The molecule has 1 heterocycles. The lowest BCUT2D eigenvalue weighted by atomic mass is 10.1. The fourth-order valence-corrected chi connectivity index (χ4v) is 3.19. The Labute approximate surface area is 163 Å². The second kappa shape index (κ2) is 8.21. The van der Waals surface area contributed by atoms with Gasteiger partial charge in [-0.1, -0.05) is 30.3 Å². The molecule has 0 radical (unpaired) electrons. The van der Waals surface area contributed by atoms with Crippen molar-refractivity contribution in [2.45, 2.75) is 27.3 Å². The molecule has 3 aromatic rings. The molecule has 0 fully saturated rings. The molecule has 0 unspecified atom stereocenters. The molecule has 0 spiro atoms. The number of hydrogen-bond donors (Lipinski definition) is 0. The van der Waals surface area contributed by atoms with E-state index in [1.54, 1.807) is 0 Å². The molecule has 4 nitrogen and oxygen atoms in total. The number of ketones is 2. The lowest BCUT2D eigenvalue weighted by molar-refractivity contribution is 0.0919. The molecule has 0 bridgehead atoms. The summed E-state index contributed by atoms with van der Waals surface area (Å²) in [4.78, 5) is 23.9. The second-order valence-corrected chi connectivity index (χ2v) is 6.77. The highest BCUT2D eigenvalue weighted by atomic mass is 19.1. The molecule has 3 rings (SSSR count). The Hall–Kier alpha value is -3.21. The number of nitrogens with zero attached hydrogens (tertiary/aromatic N) is 1. The van der Waals surface area contributed by atoms with Crippen LogP contribution in [0.15, 0.2) is 54.6 Å². The average molecular weight is 379 g/mol. The third-order valence-electron chi connectivity index (χ3n) is 4.75. The van der Waals surface area contributed by atoms with E-state index in [1.165, 1.54) is 19.1 Å². The summed E-state index contributed by atoms with van der Waals surface area (Å²) < 4.78 is 21.4. The van der Waals surface area contributed by atoms with Crippen LogP contribution in [0, 0.1) is 19.7 Å². The van der Waals surface area contributed by atoms with E-state index >= 15 is 0 Å². The van der Waals surface area contributed by atoms with E-state index in [4.69, 9.17) is 4.74 Å². The average Bonchev–Trinajstić information content (AvgIpc) is 2.95. The number of ether oxygens (including phenoxy) is 1. The van der Waals surface area contributed by atoms with E-state index < -0.39 is 5.82 Å². The van der Waals surface area contributed by atoms with Crippen LogP contribution in [0.1, 0.15) is 44.6 Å². The molecule has 0 amide bonds. The highest BCUT2D eigenvalue weighted by Crippen LogP contribution is 2.20. The normalized spacial score (nSPS) is 10.7. The van der Waals surface area contributed by atoms with Gasteiger partial charge in [0.15, 0.2) is 12.4 Å². The largest absolute Gasteiger partial charge is 0.485 e. The summed E-state index contributed by atoms with van der Waals surface area (Å²) >= 11 is 0. The Kier molecular flexibility index (Phi) is 5.73. The zero-order chi connectivity index (χ0) is 20.3. The molecule has 28 heavy (non-hydrogen) atoms. The molecular weight excluding hydrogens is 357 g/mol. The summed E-state index contributed by atoms with van der Waals surface area (Å²) in [5.74, 6) is -0.970. The molecule has 0 saturated carbocycles. The van der Waals surface area contributed by atoms with Crippen LogP contribution in [0.25, 0.3) is 0 Å². The van der Waals surface area contributed by atoms with E-state index in [-0.39, 0.29) is 29.5 Å². The Morgan fingerprint density at radius 3 is 2.36 bits per heavy atom. The van der Waals surface area contributed by atoms with Crippen molar-refractivity contribution in [2.24, 2.45) is 0 Å². The van der Waals surface area contributed by atoms with Gasteiger partial charge < -0.3 is 9.30 Å². The van der Waals surface area contributed by atoms with Crippen LogP contribution in [0.2, 0.25) is 0 Å². The monoisotopic (exact) mass is 379 g/mol. The van der Waals surface area contributed by atoms with Crippen LogP contribution >= 0.6 is 0 Å². The Morgan fingerprint density at radius 2 is 1.71 bits per heavy atom. The van der Waals surface area contributed by atoms with Gasteiger partial charge >= 0.3 is 0 Å². The van der Waals surface area contributed by atoms with Crippen molar-refractivity contribution in [3.63, 3.8) is 0 Å². The minimum Gasteiger partial charge on any atom is -0.485 e. The van der Waals surface area contributed by atoms with Gasteiger partial charge in [0, 0.05) is 29.6 Å². The summed E-state index contributed by atoms with van der Waals surface area (Å²) in [6, 6.07) is 15.9. The predicted molar refractivity (Wildman–Crippen MR) is 106 cm³/mol. The highest BCUT2D eigenvalue weighted by molar-refractivity contribution is 5.98. The van der Waals surface area contributed by atoms with Gasteiger partial charge in [0.05, 0.1) is 5.56 Å². The van der Waals surface area contributed by atoms with Crippen molar-refractivity contribution in [1.29, 1.82) is 0 Å². The van der Waals surface area contributed by atoms with Crippen LogP contribution in [-0.2, 0) is 6.54 Å². The Balaban J connectivity index is 1.72. The van der Waals surface area contributed by atoms with E-state index in [2.05, 4.69) is 4.57 Å². The summed E-state index contributed by atoms with van der Waals surface area (Å²) in [5.41, 5.74) is 3.60. The van der Waals surface area contributed by atoms with Crippen LogP contribution in [-0.4, -0.2) is 22.7 Å². The van der Waals surface area contributed by atoms with Crippen molar-refractivity contribution in [3.8, 4) is 5.75 Å². The van der Waals surface area contributed by atoms with Gasteiger partial charge in [0.25, 0.3) is 0 Å². The van der Waals surface area contributed by atoms with Crippen molar-refractivity contribution in [1.82, 2.24) is 4.57 Å². The van der Waals surface area contributed by atoms with Gasteiger partial charge in [0.1, 0.15) is 11.6 Å². The summed E-state index contributed by atoms with van der Waals surface area (Å²) in [6.07, 6.45) is 0. The van der Waals surface area contributed by atoms with Gasteiger partial charge in [-0.05, 0) is 44.5 Å². The van der Waals surface area contributed by atoms with Gasteiger partial charge in [-0.2, -0.15) is 0 Å². The lowest BCUT2D eigenvalue weighted by Crippen LogP contribution is -2.13. The van der Waals surface area contributed by atoms with E-state index in [0.29, 0.717) is 12.1 Å². The van der Waals surface area contributed by atoms with Crippen molar-refractivity contribution < 1.29 is 18.7 Å². The fraction of sp³-hybridized carbons (Fsp3) is 0.217. The van der Waals surface area contributed by atoms with Gasteiger partial charge in [-0.3, -0.25) is 9.59 Å². The standard InChI is InChI=1S/C23H22FNO3/c1-15-11-21(16(2)25(15)13-18-7-5-4-6-8-18)23(27)14-28-19-9-10-20(17(3)26)22(24)12-19/h4-12H,13-14H2,1-3H3. The first-order chi connectivity index (χ1) is 13.4. The SMILES string of the molecule is CC(=O)c1ccc(OCC(=O)c2cc(C)n(Cc3ccccc3)c2C)cc1F. The smallest absolute Gasteiger partial charge is 0.202 e. The van der Waals surface area contributed by atoms with Crippen molar-refractivity contribution in [3.05, 3.63) is 88.5 Å². The number of Topliss-reactive ketones (excluding diaryl/α,β-unsaturated/α-hetero) is 2. The maximum Gasteiger partial charge on any atom is 0.202 e. The second-order valence-electron chi connectivity index (χ2n) is 6.77. The quantitative estimate of drug-likeness (QED) is 0.556. The minimum atomic E-state index is -0.654. The zero-order valence-electron chi connectivity index (χ0n) is 16.2. The van der Waals surface area contributed by atoms with Crippen molar-refractivity contribution >= 4 is 11.6 Å². The molecule has 1 aromatic heterocycles. The lowest BCUT2D eigenvalue weighted by Gasteiger charge is -2.10. The topological polar surface area (TPSA) is 48.3 Å². The minimum absolute atomic E-state index is 0.00290. The van der Waals surface area contributed by atoms with Crippen LogP contribution in [0.4, 0.5) is 4.39 Å². The van der Waals surface area contributed by atoms with E-state index in [1.807, 2.05) is 50.2 Å². The number of carbonyl (C=O) groups excluding carboxylic acids is 2. The molecule has 0 aliphatic carbocycles. The van der Waals surface area contributed by atoms with Crippen molar-refractivity contribution in [2.75, 3.05) is 6.61 Å². The zero-order valence-corrected chi connectivity index (χ0v) is 16.2. The highest BCUT2D eigenvalue weighted by Gasteiger charge is 2.17. The molecule has 0 aliphatic rings. The maximum absolute atomic E-state index is 13.9. The third-order valence-corrected chi connectivity index (χ3v) is 4.75. The molecule has 144 valence electrons. The summed E-state index contributed by atoms with van der Waals surface area (Å²) in [7, 11) is 0. The van der Waals surface area contributed by atoms with Crippen LogP contribution in [0.5, 0.6) is 5.75 Å². The first kappa shape index (κ1) is 19.5. The molecule has 5 heteroatoms. The third kappa shape index (κ3) is 4.19. The number of aromatic nitrogens is 1. The van der Waals surface area contributed by atoms with Gasteiger partial charge in [-0.15, -0.1) is 0 Å².